The van der Waals surface area contributed by atoms with Crippen LogP contribution in [0.4, 0.5) is 4.79 Å². The highest BCUT2D eigenvalue weighted by Gasteiger charge is 2.25. The van der Waals surface area contributed by atoms with Crippen LogP contribution in [0.25, 0.3) is 23.0 Å². The van der Waals surface area contributed by atoms with Crippen molar-refractivity contribution in [3.8, 4) is 17.0 Å². The molecular weight excluding hydrogens is 390 g/mol. The molecule has 1 N–H and O–H groups in total. The van der Waals surface area contributed by atoms with Gasteiger partial charge in [-0.05, 0) is 68.3 Å². The van der Waals surface area contributed by atoms with Gasteiger partial charge in [-0.25, -0.2) is 9.50 Å². The van der Waals surface area contributed by atoms with Crippen LogP contribution in [0.5, 0.6) is 5.75 Å². The molecule has 0 aliphatic carbocycles. The lowest BCUT2D eigenvalue weighted by Crippen LogP contribution is -2.19. The number of rotatable bonds is 6. The molecular formula is C20H19N5O3S. The van der Waals surface area contributed by atoms with Gasteiger partial charge in [0.2, 0.25) is 0 Å². The van der Waals surface area contributed by atoms with Gasteiger partial charge >= 0.3 is 0 Å². The molecule has 1 aliphatic heterocycles. The minimum Gasteiger partial charge on any atom is -0.492 e. The maximum absolute atomic E-state index is 11.8. The lowest BCUT2D eigenvalue weighted by molar-refractivity contribution is -0.115. The molecule has 4 rings (SSSR count). The van der Waals surface area contributed by atoms with E-state index in [4.69, 9.17) is 4.74 Å². The fraction of sp³-hybridized carbons (Fsp3) is 0.200. The summed E-state index contributed by atoms with van der Waals surface area (Å²) in [5.74, 6) is 0.398. The molecule has 0 spiro atoms. The van der Waals surface area contributed by atoms with Crippen LogP contribution in [0.3, 0.4) is 0 Å². The summed E-state index contributed by atoms with van der Waals surface area (Å²) in [7, 11) is 4.01. The number of carbonyl (C=O) groups excluding carboxylic acids is 2. The quantitative estimate of drug-likeness (QED) is 0.626. The Hall–Kier alpha value is -3.17. The number of hydrogen-bond acceptors (Lipinski definition) is 7. The van der Waals surface area contributed by atoms with E-state index in [1.807, 2.05) is 44.4 Å². The van der Waals surface area contributed by atoms with Crippen LogP contribution in [0, 0.1) is 0 Å². The number of nitrogens with zero attached hydrogens (tertiary/aromatic N) is 4. The number of fused-ring (bicyclic) bond motifs is 1. The number of amides is 2. The van der Waals surface area contributed by atoms with Gasteiger partial charge in [-0.3, -0.25) is 14.9 Å². The van der Waals surface area contributed by atoms with E-state index in [2.05, 4.69) is 20.3 Å². The monoisotopic (exact) mass is 409 g/mol. The first-order valence-electron chi connectivity index (χ1n) is 8.97. The molecule has 8 nitrogen and oxygen atoms in total. The van der Waals surface area contributed by atoms with Crippen LogP contribution >= 0.6 is 11.8 Å². The maximum atomic E-state index is 11.8. The summed E-state index contributed by atoms with van der Waals surface area (Å²) in [6, 6.07) is 11.3. The standard InChI is InChI=1S/C20H19N5O3S/c1-24(2)9-10-28-15-6-3-13(4-7-15)16-12-21-18-8-5-14(23-25(16)18)11-17-19(26)22-20(27)29-17/h3-8,11-12H,9-10H2,1-2H3,(H,22,26,27). The van der Waals surface area contributed by atoms with Crippen LogP contribution in [0.15, 0.2) is 47.5 Å². The van der Waals surface area contributed by atoms with Crippen molar-refractivity contribution in [2.24, 2.45) is 0 Å². The number of imidazole rings is 1. The Balaban J connectivity index is 1.59. The minimum absolute atomic E-state index is 0.322. The van der Waals surface area contributed by atoms with Crippen molar-refractivity contribution in [2.75, 3.05) is 27.2 Å². The van der Waals surface area contributed by atoms with Gasteiger partial charge in [0.05, 0.1) is 22.5 Å². The number of nitrogens with one attached hydrogen (secondary N) is 1. The second kappa shape index (κ2) is 8.06. The van der Waals surface area contributed by atoms with Crippen molar-refractivity contribution in [3.05, 3.63) is 53.2 Å². The van der Waals surface area contributed by atoms with E-state index in [0.29, 0.717) is 22.9 Å². The Morgan fingerprint density at radius 2 is 1.97 bits per heavy atom. The summed E-state index contributed by atoms with van der Waals surface area (Å²) in [6.07, 6.45) is 3.34. The Morgan fingerprint density at radius 1 is 1.17 bits per heavy atom. The van der Waals surface area contributed by atoms with E-state index in [0.717, 1.165) is 35.3 Å². The first-order chi connectivity index (χ1) is 14.0. The van der Waals surface area contributed by atoms with E-state index >= 15 is 0 Å². The SMILES string of the molecule is CN(C)CCOc1ccc(-c2cnc3ccc(C=C4SC(=O)NC4=O)nn23)cc1. The highest BCUT2D eigenvalue weighted by atomic mass is 32.2. The smallest absolute Gasteiger partial charge is 0.290 e. The number of carbonyl (C=O) groups is 2. The van der Waals surface area contributed by atoms with E-state index < -0.39 is 5.91 Å². The van der Waals surface area contributed by atoms with E-state index in [9.17, 15) is 9.59 Å². The van der Waals surface area contributed by atoms with Crippen LogP contribution in [0.1, 0.15) is 5.69 Å². The van der Waals surface area contributed by atoms with Gasteiger partial charge in [0, 0.05) is 12.1 Å². The molecule has 2 amide bonds. The molecule has 2 aromatic heterocycles. The van der Waals surface area contributed by atoms with Crippen molar-refractivity contribution in [1.29, 1.82) is 0 Å². The van der Waals surface area contributed by atoms with Gasteiger partial charge in [0.25, 0.3) is 11.1 Å². The number of thioether (sulfide) groups is 1. The van der Waals surface area contributed by atoms with Crippen LogP contribution in [-0.4, -0.2) is 57.9 Å². The van der Waals surface area contributed by atoms with Crippen molar-refractivity contribution < 1.29 is 14.3 Å². The molecule has 1 fully saturated rings. The normalized spacial score (nSPS) is 15.5. The zero-order chi connectivity index (χ0) is 20.4. The Morgan fingerprint density at radius 3 is 2.66 bits per heavy atom. The molecule has 9 heteroatoms. The molecule has 0 atom stereocenters. The Bertz CT molecular complexity index is 1110. The summed E-state index contributed by atoms with van der Waals surface area (Å²) >= 11 is 0.866. The number of benzene rings is 1. The number of aromatic nitrogens is 3. The second-order valence-corrected chi connectivity index (χ2v) is 7.71. The maximum Gasteiger partial charge on any atom is 0.290 e. The molecule has 0 saturated carbocycles. The molecule has 3 heterocycles. The Kier molecular flexibility index (Phi) is 5.32. The zero-order valence-corrected chi connectivity index (χ0v) is 16.8. The van der Waals surface area contributed by atoms with Crippen LogP contribution in [-0.2, 0) is 4.79 Å². The molecule has 3 aromatic rings. The zero-order valence-electron chi connectivity index (χ0n) is 16.0. The summed E-state index contributed by atoms with van der Waals surface area (Å²) in [5.41, 5.74) is 3.01. The minimum atomic E-state index is -0.405. The number of hydrogen-bond donors (Lipinski definition) is 1. The average Bonchev–Trinajstić information content (AvgIpc) is 3.24. The number of ether oxygens (including phenoxy) is 1. The molecule has 0 bridgehead atoms. The van der Waals surface area contributed by atoms with E-state index in [1.54, 1.807) is 22.9 Å². The molecule has 29 heavy (non-hydrogen) atoms. The lowest BCUT2D eigenvalue weighted by atomic mass is 10.1. The molecule has 0 radical (unpaired) electrons. The molecule has 1 aromatic carbocycles. The topological polar surface area (TPSA) is 88.8 Å². The van der Waals surface area contributed by atoms with Crippen LogP contribution in [0.2, 0.25) is 0 Å². The van der Waals surface area contributed by atoms with Crippen LogP contribution < -0.4 is 10.1 Å². The fourth-order valence-electron chi connectivity index (χ4n) is 2.78. The highest BCUT2D eigenvalue weighted by molar-refractivity contribution is 8.18. The van der Waals surface area contributed by atoms with Gasteiger partial charge < -0.3 is 9.64 Å². The first-order valence-corrected chi connectivity index (χ1v) is 9.79. The largest absolute Gasteiger partial charge is 0.492 e. The average molecular weight is 409 g/mol. The van der Waals surface area contributed by atoms with Gasteiger partial charge in [0.15, 0.2) is 5.65 Å². The van der Waals surface area contributed by atoms with Crippen molar-refractivity contribution >= 4 is 34.6 Å². The van der Waals surface area contributed by atoms with Gasteiger partial charge in [-0.2, -0.15) is 5.10 Å². The first kappa shape index (κ1) is 19.2. The third-order valence-corrected chi connectivity index (χ3v) is 5.07. The second-order valence-electron chi connectivity index (χ2n) is 6.70. The highest BCUT2D eigenvalue weighted by Crippen LogP contribution is 2.26. The number of likely N-dealkylation sites (N-methyl/N-ethyl adjacent to an activating group) is 1. The van der Waals surface area contributed by atoms with Gasteiger partial charge in [0.1, 0.15) is 12.4 Å². The molecule has 1 saturated heterocycles. The molecule has 1 aliphatic rings. The van der Waals surface area contributed by atoms with Crippen molar-refractivity contribution in [3.63, 3.8) is 0 Å². The summed E-state index contributed by atoms with van der Waals surface area (Å²) < 4.78 is 7.45. The molecule has 148 valence electrons. The summed E-state index contributed by atoms with van der Waals surface area (Å²) in [4.78, 5) is 29.9. The predicted octanol–water partition coefficient (Wildman–Crippen LogP) is 2.66. The predicted molar refractivity (Wildman–Crippen MR) is 112 cm³/mol. The Labute approximate surface area is 171 Å². The fourth-order valence-corrected chi connectivity index (χ4v) is 3.45. The lowest BCUT2D eigenvalue weighted by Gasteiger charge is -2.11. The van der Waals surface area contributed by atoms with Crippen molar-refractivity contribution in [2.45, 2.75) is 0 Å². The van der Waals surface area contributed by atoms with E-state index in [-0.39, 0.29) is 5.24 Å². The summed E-state index contributed by atoms with van der Waals surface area (Å²) in [5, 5.41) is 6.42. The third kappa shape index (κ3) is 4.30. The third-order valence-electron chi connectivity index (χ3n) is 4.26. The molecule has 0 unspecified atom stereocenters. The van der Waals surface area contributed by atoms with Gasteiger partial charge in [-0.1, -0.05) is 0 Å². The van der Waals surface area contributed by atoms with Gasteiger partial charge in [-0.15, -0.1) is 0 Å². The summed E-state index contributed by atoms with van der Waals surface area (Å²) in [6.45, 7) is 1.47. The van der Waals surface area contributed by atoms with Crippen molar-refractivity contribution in [1.82, 2.24) is 24.8 Å². The number of imide groups is 1. The van der Waals surface area contributed by atoms with E-state index in [1.165, 1.54) is 0 Å².